The van der Waals surface area contributed by atoms with Crippen LogP contribution >= 0.6 is 0 Å². The van der Waals surface area contributed by atoms with Crippen molar-refractivity contribution in [2.75, 3.05) is 26.7 Å². The molecule has 1 heterocycles. The third kappa shape index (κ3) is 5.35. The third-order valence-corrected chi connectivity index (χ3v) is 4.82. The summed E-state index contributed by atoms with van der Waals surface area (Å²) < 4.78 is 44.0. The first-order valence-corrected chi connectivity index (χ1v) is 11.2. The zero-order valence-electron chi connectivity index (χ0n) is 17.4. The molecule has 162 valence electrons. The normalized spacial score (nSPS) is 12.7. The molecule has 0 spiro atoms. The molecule has 1 aliphatic rings. The molecule has 2 aromatic rings. The van der Waals surface area contributed by atoms with E-state index in [4.69, 9.17) is 18.4 Å². The number of methoxy groups -OCH3 is 1. The van der Waals surface area contributed by atoms with E-state index in [2.05, 4.69) is 0 Å². The van der Waals surface area contributed by atoms with Crippen molar-refractivity contribution < 1.29 is 31.6 Å². The SMILES string of the molecule is COc1ccc(CN(CC(C)C)C(=O)c2ccc3c(c2)OCO3)cc1OS(C)(=O)=O. The summed E-state index contributed by atoms with van der Waals surface area (Å²) in [6, 6.07) is 10.1. The Labute approximate surface area is 176 Å². The fraction of sp³-hybridized carbons (Fsp3) is 0.381. The van der Waals surface area contributed by atoms with E-state index >= 15 is 0 Å². The number of rotatable bonds is 8. The van der Waals surface area contributed by atoms with E-state index in [0.29, 0.717) is 34.9 Å². The molecule has 3 rings (SSSR count). The van der Waals surface area contributed by atoms with Gasteiger partial charge in [-0.2, -0.15) is 8.42 Å². The Kier molecular flexibility index (Phi) is 6.40. The Morgan fingerprint density at radius 2 is 1.83 bits per heavy atom. The van der Waals surface area contributed by atoms with Gasteiger partial charge in [0.25, 0.3) is 5.91 Å². The molecule has 0 saturated carbocycles. The van der Waals surface area contributed by atoms with E-state index in [1.807, 2.05) is 13.8 Å². The molecule has 0 saturated heterocycles. The molecule has 0 atom stereocenters. The van der Waals surface area contributed by atoms with Crippen molar-refractivity contribution in [3.8, 4) is 23.0 Å². The standard InChI is InChI=1S/C21H25NO7S/c1-14(2)11-22(21(23)16-6-8-18-19(10-16)28-13-27-18)12-15-5-7-17(26-3)20(9-15)29-30(4,24)25/h5-10,14H,11-13H2,1-4H3. The number of hydrogen-bond acceptors (Lipinski definition) is 7. The summed E-state index contributed by atoms with van der Waals surface area (Å²) in [5, 5.41) is 0. The van der Waals surface area contributed by atoms with Gasteiger partial charge in [-0.05, 0) is 41.8 Å². The van der Waals surface area contributed by atoms with Crippen LogP contribution in [0.15, 0.2) is 36.4 Å². The minimum Gasteiger partial charge on any atom is -0.493 e. The lowest BCUT2D eigenvalue weighted by molar-refractivity contribution is 0.0722. The van der Waals surface area contributed by atoms with Crippen LogP contribution in [-0.2, 0) is 16.7 Å². The summed E-state index contributed by atoms with van der Waals surface area (Å²) >= 11 is 0. The zero-order chi connectivity index (χ0) is 21.9. The van der Waals surface area contributed by atoms with E-state index in [9.17, 15) is 13.2 Å². The second-order valence-corrected chi connectivity index (χ2v) is 9.00. The van der Waals surface area contributed by atoms with Gasteiger partial charge < -0.3 is 23.3 Å². The number of carbonyl (C=O) groups is 1. The van der Waals surface area contributed by atoms with Crippen molar-refractivity contribution in [2.24, 2.45) is 5.92 Å². The number of fused-ring (bicyclic) bond motifs is 1. The van der Waals surface area contributed by atoms with Crippen molar-refractivity contribution in [3.05, 3.63) is 47.5 Å². The monoisotopic (exact) mass is 435 g/mol. The van der Waals surface area contributed by atoms with Gasteiger partial charge in [0.05, 0.1) is 13.4 Å². The summed E-state index contributed by atoms with van der Waals surface area (Å²) in [4.78, 5) is 14.9. The first-order chi connectivity index (χ1) is 14.2. The summed E-state index contributed by atoms with van der Waals surface area (Å²) in [6.45, 7) is 4.97. The van der Waals surface area contributed by atoms with E-state index in [1.165, 1.54) is 7.11 Å². The van der Waals surface area contributed by atoms with Crippen molar-refractivity contribution >= 4 is 16.0 Å². The summed E-state index contributed by atoms with van der Waals surface area (Å²) in [6.07, 6.45) is 0.966. The Bertz CT molecular complexity index is 1030. The highest BCUT2D eigenvalue weighted by Crippen LogP contribution is 2.33. The highest BCUT2D eigenvalue weighted by Gasteiger charge is 2.22. The second kappa shape index (κ2) is 8.83. The quantitative estimate of drug-likeness (QED) is 0.589. The fourth-order valence-corrected chi connectivity index (χ4v) is 3.60. The molecule has 0 aromatic heterocycles. The molecule has 2 aromatic carbocycles. The van der Waals surface area contributed by atoms with Gasteiger partial charge >= 0.3 is 10.1 Å². The van der Waals surface area contributed by atoms with Crippen LogP contribution in [0.4, 0.5) is 0 Å². The van der Waals surface area contributed by atoms with E-state index in [-0.39, 0.29) is 30.9 Å². The molecule has 1 aliphatic heterocycles. The molecular formula is C21H25NO7S. The Balaban J connectivity index is 1.87. The summed E-state index contributed by atoms with van der Waals surface area (Å²) in [5.41, 5.74) is 1.20. The predicted molar refractivity (Wildman–Crippen MR) is 111 cm³/mol. The maximum Gasteiger partial charge on any atom is 0.306 e. The topological polar surface area (TPSA) is 91.4 Å². The summed E-state index contributed by atoms with van der Waals surface area (Å²) in [5.74, 6) is 1.59. The van der Waals surface area contributed by atoms with Crippen LogP contribution in [0.5, 0.6) is 23.0 Å². The molecular weight excluding hydrogens is 410 g/mol. The number of ether oxygens (including phenoxy) is 3. The number of amides is 1. The third-order valence-electron chi connectivity index (χ3n) is 4.33. The van der Waals surface area contributed by atoms with Crippen molar-refractivity contribution in [2.45, 2.75) is 20.4 Å². The number of carbonyl (C=O) groups excluding carboxylic acids is 1. The highest BCUT2D eigenvalue weighted by atomic mass is 32.2. The van der Waals surface area contributed by atoms with Gasteiger partial charge in [-0.3, -0.25) is 4.79 Å². The van der Waals surface area contributed by atoms with Gasteiger partial charge in [0.1, 0.15) is 0 Å². The van der Waals surface area contributed by atoms with Gasteiger partial charge in [0.15, 0.2) is 23.0 Å². The maximum absolute atomic E-state index is 13.2. The minimum absolute atomic E-state index is 0.0810. The Morgan fingerprint density at radius 1 is 1.10 bits per heavy atom. The van der Waals surface area contributed by atoms with Crippen LogP contribution in [0.25, 0.3) is 0 Å². The first kappa shape index (κ1) is 21.8. The molecule has 0 bridgehead atoms. The van der Waals surface area contributed by atoms with E-state index in [0.717, 1.165) is 6.26 Å². The Hall–Kier alpha value is -2.94. The van der Waals surface area contributed by atoms with Gasteiger partial charge in [0.2, 0.25) is 6.79 Å². The first-order valence-electron chi connectivity index (χ1n) is 9.41. The zero-order valence-corrected chi connectivity index (χ0v) is 18.2. The second-order valence-electron chi connectivity index (χ2n) is 7.42. The lowest BCUT2D eigenvalue weighted by atomic mass is 10.1. The molecule has 8 nitrogen and oxygen atoms in total. The van der Waals surface area contributed by atoms with Crippen molar-refractivity contribution in [1.82, 2.24) is 4.90 Å². The number of nitrogens with zero attached hydrogens (tertiary/aromatic N) is 1. The van der Waals surface area contributed by atoms with Crippen LogP contribution in [0, 0.1) is 5.92 Å². The number of benzene rings is 2. The van der Waals surface area contributed by atoms with Crippen LogP contribution in [0.2, 0.25) is 0 Å². The van der Waals surface area contributed by atoms with Crippen molar-refractivity contribution in [3.63, 3.8) is 0 Å². The summed E-state index contributed by atoms with van der Waals surface area (Å²) in [7, 11) is -2.30. The average Bonchev–Trinajstić information content (AvgIpc) is 3.13. The number of hydrogen-bond donors (Lipinski definition) is 0. The highest BCUT2D eigenvalue weighted by molar-refractivity contribution is 7.86. The average molecular weight is 435 g/mol. The van der Waals surface area contributed by atoms with Crippen LogP contribution in [0.1, 0.15) is 29.8 Å². The van der Waals surface area contributed by atoms with Crippen molar-refractivity contribution in [1.29, 1.82) is 0 Å². The van der Waals surface area contributed by atoms with Gasteiger partial charge in [0, 0.05) is 18.7 Å². The smallest absolute Gasteiger partial charge is 0.306 e. The fourth-order valence-electron chi connectivity index (χ4n) is 3.14. The lowest BCUT2D eigenvalue weighted by Crippen LogP contribution is -2.33. The molecule has 0 aliphatic carbocycles. The molecule has 0 unspecified atom stereocenters. The van der Waals surface area contributed by atoms with E-state index < -0.39 is 10.1 Å². The van der Waals surface area contributed by atoms with Crippen LogP contribution < -0.4 is 18.4 Å². The minimum atomic E-state index is -3.73. The van der Waals surface area contributed by atoms with Crippen LogP contribution in [0.3, 0.4) is 0 Å². The largest absolute Gasteiger partial charge is 0.493 e. The molecule has 0 fully saturated rings. The lowest BCUT2D eigenvalue weighted by Gasteiger charge is -2.25. The molecule has 0 radical (unpaired) electrons. The predicted octanol–water partition coefficient (Wildman–Crippen LogP) is 3.06. The molecule has 9 heteroatoms. The molecule has 1 amide bonds. The molecule has 30 heavy (non-hydrogen) atoms. The van der Waals surface area contributed by atoms with Gasteiger partial charge in [-0.25, -0.2) is 0 Å². The van der Waals surface area contributed by atoms with Crippen LogP contribution in [-0.4, -0.2) is 45.9 Å². The van der Waals surface area contributed by atoms with Gasteiger partial charge in [-0.15, -0.1) is 0 Å². The van der Waals surface area contributed by atoms with Gasteiger partial charge in [-0.1, -0.05) is 19.9 Å². The Morgan fingerprint density at radius 3 is 2.50 bits per heavy atom. The molecule has 0 N–H and O–H groups in total. The maximum atomic E-state index is 13.2. The van der Waals surface area contributed by atoms with E-state index in [1.54, 1.807) is 41.3 Å².